The standard InChI is InChI=1S/C11H14Cl2N2O4S/c1-7(11(16)15-2-3-20(14,17)18)19-10-5-8(12)4-9(13)6-10/h4-7H,2-3H2,1H3,(H,15,16)(H2,14,17,18)/t7-/m0/s1. The predicted octanol–water partition coefficient (Wildman–Crippen LogP) is 1.17. The van der Waals surface area contributed by atoms with E-state index in [0.717, 1.165) is 0 Å². The van der Waals surface area contributed by atoms with Crippen molar-refractivity contribution in [3.05, 3.63) is 28.2 Å². The van der Waals surface area contributed by atoms with Crippen LogP contribution in [0.2, 0.25) is 10.0 Å². The highest BCUT2D eigenvalue weighted by Gasteiger charge is 2.15. The molecule has 0 aliphatic carbocycles. The van der Waals surface area contributed by atoms with E-state index < -0.39 is 22.0 Å². The minimum absolute atomic E-state index is 0.0817. The van der Waals surface area contributed by atoms with Gasteiger partial charge in [0.15, 0.2) is 6.10 Å². The molecule has 1 rings (SSSR count). The molecular formula is C11H14Cl2N2O4S. The number of hydrogen-bond acceptors (Lipinski definition) is 4. The molecule has 3 N–H and O–H groups in total. The minimum Gasteiger partial charge on any atom is -0.481 e. The highest BCUT2D eigenvalue weighted by molar-refractivity contribution is 7.89. The van der Waals surface area contributed by atoms with Gasteiger partial charge in [-0.1, -0.05) is 23.2 Å². The van der Waals surface area contributed by atoms with Crippen LogP contribution >= 0.6 is 23.2 Å². The molecule has 0 bridgehead atoms. The van der Waals surface area contributed by atoms with Gasteiger partial charge in [0.1, 0.15) is 5.75 Å². The first kappa shape index (κ1) is 17.0. The Labute approximate surface area is 127 Å². The van der Waals surface area contributed by atoms with Crippen LogP contribution in [-0.4, -0.2) is 32.7 Å². The normalized spacial score (nSPS) is 12.8. The lowest BCUT2D eigenvalue weighted by atomic mass is 10.3. The summed E-state index contributed by atoms with van der Waals surface area (Å²) in [6.07, 6.45) is -0.829. The van der Waals surface area contributed by atoms with E-state index in [4.69, 9.17) is 33.1 Å². The van der Waals surface area contributed by atoms with Crippen molar-refractivity contribution in [2.24, 2.45) is 5.14 Å². The first-order valence-electron chi connectivity index (χ1n) is 5.58. The Morgan fingerprint density at radius 2 is 1.90 bits per heavy atom. The second kappa shape index (κ2) is 7.12. The number of rotatable bonds is 6. The van der Waals surface area contributed by atoms with Crippen molar-refractivity contribution in [1.29, 1.82) is 0 Å². The third-order valence-corrected chi connectivity index (χ3v) is 3.41. The summed E-state index contributed by atoms with van der Waals surface area (Å²) in [4.78, 5) is 11.7. The molecule has 6 nitrogen and oxygen atoms in total. The molecule has 1 aromatic carbocycles. The van der Waals surface area contributed by atoms with Gasteiger partial charge in [0, 0.05) is 16.6 Å². The monoisotopic (exact) mass is 340 g/mol. The zero-order valence-electron chi connectivity index (χ0n) is 10.6. The number of sulfonamides is 1. The van der Waals surface area contributed by atoms with Crippen LogP contribution in [0.25, 0.3) is 0 Å². The molecule has 9 heteroatoms. The van der Waals surface area contributed by atoms with E-state index in [1.54, 1.807) is 0 Å². The van der Waals surface area contributed by atoms with E-state index in [1.807, 2.05) is 0 Å². The Hall–Kier alpha value is -1.02. The number of hydrogen-bond donors (Lipinski definition) is 2. The average molecular weight is 341 g/mol. The number of carbonyl (C=O) groups is 1. The molecule has 0 saturated heterocycles. The number of ether oxygens (including phenoxy) is 1. The van der Waals surface area contributed by atoms with Crippen LogP contribution in [-0.2, 0) is 14.8 Å². The summed E-state index contributed by atoms with van der Waals surface area (Å²) in [5.74, 6) is -0.463. The van der Waals surface area contributed by atoms with Crippen LogP contribution in [0.1, 0.15) is 6.92 Å². The van der Waals surface area contributed by atoms with Crippen LogP contribution in [0.15, 0.2) is 18.2 Å². The summed E-state index contributed by atoms with van der Waals surface area (Å²) in [6.45, 7) is 1.43. The third-order valence-electron chi connectivity index (χ3n) is 2.20. The largest absolute Gasteiger partial charge is 0.481 e. The molecule has 1 atom stereocenters. The predicted molar refractivity (Wildman–Crippen MR) is 77.5 cm³/mol. The fourth-order valence-corrected chi connectivity index (χ4v) is 2.21. The quantitative estimate of drug-likeness (QED) is 0.811. The molecule has 0 heterocycles. The first-order chi connectivity index (χ1) is 9.17. The van der Waals surface area contributed by atoms with Gasteiger partial charge in [0.25, 0.3) is 5.91 Å². The van der Waals surface area contributed by atoms with Crippen LogP contribution in [0.3, 0.4) is 0 Å². The molecular weight excluding hydrogens is 327 g/mol. The molecule has 0 aliphatic heterocycles. The third kappa shape index (κ3) is 6.42. The van der Waals surface area contributed by atoms with E-state index in [9.17, 15) is 13.2 Å². The zero-order valence-corrected chi connectivity index (χ0v) is 12.9. The Morgan fingerprint density at radius 3 is 2.40 bits per heavy atom. The molecule has 112 valence electrons. The highest BCUT2D eigenvalue weighted by atomic mass is 35.5. The highest BCUT2D eigenvalue weighted by Crippen LogP contribution is 2.24. The van der Waals surface area contributed by atoms with E-state index in [0.29, 0.717) is 15.8 Å². The van der Waals surface area contributed by atoms with Gasteiger partial charge in [-0.25, -0.2) is 13.6 Å². The summed E-state index contributed by atoms with van der Waals surface area (Å²) < 4.78 is 26.8. The van der Waals surface area contributed by atoms with Gasteiger partial charge in [0.05, 0.1) is 5.75 Å². The summed E-state index contributed by atoms with van der Waals surface area (Å²) in [5, 5.41) is 7.98. The summed E-state index contributed by atoms with van der Waals surface area (Å²) >= 11 is 11.6. The molecule has 0 aliphatic rings. The molecule has 0 spiro atoms. The van der Waals surface area contributed by atoms with Crippen molar-refractivity contribution in [1.82, 2.24) is 5.32 Å². The Bertz CT molecular complexity index is 572. The maximum absolute atomic E-state index is 11.7. The van der Waals surface area contributed by atoms with Crippen molar-refractivity contribution in [3.63, 3.8) is 0 Å². The number of benzene rings is 1. The van der Waals surface area contributed by atoms with Crippen molar-refractivity contribution >= 4 is 39.1 Å². The molecule has 1 amide bonds. The first-order valence-corrected chi connectivity index (χ1v) is 8.05. The lowest BCUT2D eigenvalue weighted by Crippen LogP contribution is -2.39. The van der Waals surface area contributed by atoms with Gasteiger partial charge in [-0.05, 0) is 25.1 Å². The van der Waals surface area contributed by atoms with Gasteiger partial charge in [-0.15, -0.1) is 0 Å². The molecule has 0 saturated carbocycles. The smallest absolute Gasteiger partial charge is 0.260 e. The van der Waals surface area contributed by atoms with Crippen LogP contribution < -0.4 is 15.2 Å². The SMILES string of the molecule is C[C@H](Oc1cc(Cl)cc(Cl)c1)C(=O)NCCS(N)(=O)=O. The number of nitrogens with one attached hydrogen (secondary N) is 1. The van der Waals surface area contributed by atoms with E-state index >= 15 is 0 Å². The number of primary sulfonamides is 1. The van der Waals surface area contributed by atoms with Crippen LogP contribution in [0.5, 0.6) is 5.75 Å². The van der Waals surface area contributed by atoms with Crippen LogP contribution in [0, 0.1) is 0 Å². The molecule has 0 radical (unpaired) electrons. The number of carbonyl (C=O) groups excluding carboxylic acids is 1. The molecule has 0 aromatic heterocycles. The minimum atomic E-state index is -3.61. The van der Waals surface area contributed by atoms with Crippen LogP contribution in [0.4, 0.5) is 0 Å². The Morgan fingerprint density at radius 1 is 1.35 bits per heavy atom. The number of halogens is 2. The summed E-state index contributed by atoms with van der Waals surface area (Å²) in [5.41, 5.74) is 0. The van der Waals surface area contributed by atoms with Gasteiger partial charge >= 0.3 is 0 Å². The van der Waals surface area contributed by atoms with Crippen molar-refractivity contribution in [3.8, 4) is 5.75 Å². The lowest BCUT2D eigenvalue weighted by molar-refractivity contribution is -0.127. The Kier molecular flexibility index (Phi) is 6.07. The molecule has 1 aromatic rings. The Balaban J connectivity index is 2.53. The average Bonchev–Trinajstić information content (AvgIpc) is 2.25. The van der Waals surface area contributed by atoms with Crippen molar-refractivity contribution in [2.45, 2.75) is 13.0 Å². The topological polar surface area (TPSA) is 98.5 Å². The molecule has 0 fully saturated rings. The maximum atomic E-state index is 11.7. The lowest BCUT2D eigenvalue weighted by Gasteiger charge is -2.15. The fraction of sp³-hybridized carbons (Fsp3) is 0.364. The van der Waals surface area contributed by atoms with E-state index in [2.05, 4.69) is 5.32 Å². The number of nitrogens with two attached hydrogens (primary N) is 1. The van der Waals surface area contributed by atoms with Gasteiger partial charge in [-0.2, -0.15) is 0 Å². The zero-order chi connectivity index (χ0) is 15.3. The second-order valence-electron chi connectivity index (χ2n) is 4.02. The second-order valence-corrected chi connectivity index (χ2v) is 6.63. The van der Waals surface area contributed by atoms with E-state index in [1.165, 1.54) is 25.1 Å². The van der Waals surface area contributed by atoms with Gasteiger partial charge < -0.3 is 10.1 Å². The maximum Gasteiger partial charge on any atom is 0.260 e. The van der Waals surface area contributed by atoms with Gasteiger partial charge in [-0.3, -0.25) is 4.79 Å². The summed E-state index contributed by atoms with van der Waals surface area (Å²) in [6, 6.07) is 4.57. The van der Waals surface area contributed by atoms with E-state index in [-0.39, 0.29) is 12.3 Å². The number of amides is 1. The van der Waals surface area contributed by atoms with Gasteiger partial charge in [0.2, 0.25) is 10.0 Å². The molecule has 20 heavy (non-hydrogen) atoms. The fourth-order valence-electron chi connectivity index (χ4n) is 1.31. The van der Waals surface area contributed by atoms with Crippen molar-refractivity contribution in [2.75, 3.05) is 12.3 Å². The van der Waals surface area contributed by atoms with Crippen molar-refractivity contribution < 1.29 is 17.9 Å². The molecule has 0 unspecified atom stereocenters. The summed E-state index contributed by atoms with van der Waals surface area (Å²) in [7, 11) is -3.61.